The molecule has 0 aromatic carbocycles. The van der Waals surface area contributed by atoms with E-state index < -0.39 is 0 Å². The Labute approximate surface area is 42.6 Å². The van der Waals surface area contributed by atoms with Crippen LogP contribution in [0.4, 0.5) is 0 Å². The SMILES string of the molecule is C#Cn1cccc1. The summed E-state index contributed by atoms with van der Waals surface area (Å²) in [5.74, 6) is 0. The molecular weight excluding hydrogens is 86.1 g/mol. The first-order valence-electron chi connectivity index (χ1n) is 2.03. The van der Waals surface area contributed by atoms with E-state index in [9.17, 15) is 0 Å². The zero-order valence-electron chi connectivity index (χ0n) is 3.83. The van der Waals surface area contributed by atoms with Crippen molar-refractivity contribution in [3.63, 3.8) is 0 Å². The summed E-state index contributed by atoms with van der Waals surface area (Å²) in [4.78, 5) is 0. The molecule has 0 unspecified atom stereocenters. The van der Waals surface area contributed by atoms with Gasteiger partial charge in [0.1, 0.15) is 0 Å². The van der Waals surface area contributed by atoms with Crippen LogP contribution in [0.5, 0.6) is 0 Å². The molecular formula is C6H5N. The van der Waals surface area contributed by atoms with Gasteiger partial charge < -0.3 is 0 Å². The fraction of sp³-hybridized carbons (Fsp3) is 0. The summed E-state index contributed by atoms with van der Waals surface area (Å²) in [6, 6.07) is 6.20. The molecule has 1 aromatic heterocycles. The Balaban J connectivity index is 3.04. The van der Waals surface area contributed by atoms with Crippen LogP contribution in [0.3, 0.4) is 0 Å². The maximum absolute atomic E-state index is 5.01. The second kappa shape index (κ2) is 1.53. The van der Waals surface area contributed by atoms with E-state index in [1.807, 2.05) is 24.5 Å². The smallest absolute Gasteiger partial charge is 0.0177 e. The predicted octanol–water partition coefficient (Wildman–Crippen LogP) is 0.927. The van der Waals surface area contributed by atoms with Gasteiger partial charge >= 0.3 is 0 Å². The van der Waals surface area contributed by atoms with Crippen molar-refractivity contribution in [3.8, 4) is 12.5 Å². The lowest BCUT2D eigenvalue weighted by Crippen LogP contribution is -1.76. The largest absolute Gasteiger partial charge is 0.285 e. The highest BCUT2D eigenvalue weighted by molar-refractivity contribution is 5.00. The minimum Gasteiger partial charge on any atom is -0.285 e. The molecule has 7 heavy (non-hydrogen) atoms. The van der Waals surface area contributed by atoms with E-state index in [-0.39, 0.29) is 0 Å². The standard InChI is InChI=1S/C6H5N/c1-2-7-5-3-4-6-7/h1,3-6H. The fourth-order valence-electron chi connectivity index (χ4n) is 0.421. The van der Waals surface area contributed by atoms with Crippen molar-refractivity contribution in [2.75, 3.05) is 0 Å². The molecule has 1 nitrogen and oxygen atoms in total. The molecule has 0 atom stereocenters. The Morgan fingerprint density at radius 1 is 1.29 bits per heavy atom. The van der Waals surface area contributed by atoms with Crippen molar-refractivity contribution in [2.45, 2.75) is 0 Å². The first-order chi connectivity index (χ1) is 3.43. The molecule has 1 heteroatoms. The fourth-order valence-corrected chi connectivity index (χ4v) is 0.421. The minimum absolute atomic E-state index is 1.65. The number of rotatable bonds is 0. The van der Waals surface area contributed by atoms with Crippen LogP contribution in [-0.4, -0.2) is 4.57 Å². The zero-order chi connectivity index (χ0) is 5.11. The Bertz CT molecular complexity index is 167. The van der Waals surface area contributed by atoms with Gasteiger partial charge in [-0.2, -0.15) is 0 Å². The van der Waals surface area contributed by atoms with E-state index in [4.69, 9.17) is 6.42 Å². The number of hydrogen-bond donors (Lipinski definition) is 0. The van der Waals surface area contributed by atoms with Crippen LogP contribution in [0.25, 0.3) is 0 Å². The van der Waals surface area contributed by atoms with Crippen molar-refractivity contribution in [1.29, 1.82) is 0 Å². The lowest BCUT2D eigenvalue weighted by molar-refractivity contribution is 1.15. The van der Waals surface area contributed by atoms with Crippen LogP contribution in [0.15, 0.2) is 24.5 Å². The normalized spacial score (nSPS) is 7.86. The van der Waals surface area contributed by atoms with Gasteiger partial charge in [0, 0.05) is 18.4 Å². The maximum Gasteiger partial charge on any atom is 0.0177 e. The molecule has 1 heterocycles. The highest BCUT2D eigenvalue weighted by Gasteiger charge is 1.72. The molecule has 0 aliphatic heterocycles. The monoisotopic (exact) mass is 91.0 g/mol. The quantitative estimate of drug-likeness (QED) is 0.418. The minimum atomic E-state index is 1.65. The summed E-state index contributed by atoms with van der Waals surface area (Å²) in [7, 11) is 0. The summed E-state index contributed by atoms with van der Waals surface area (Å²) >= 11 is 0. The van der Waals surface area contributed by atoms with Crippen molar-refractivity contribution in [2.24, 2.45) is 0 Å². The van der Waals surface area contributed by atoms with E-state index in [0.717, 1.165) is 0 Å². The van der Waals surface area contributed by atoms with Crippen LogP contribution in [-0.2, 0) is 0 Å². The molecule has 0 saturated heterocycles. The lowest BCUT2D eigenvalue weighted by atomic mass is 10.7. The van der Waals surface area contributed by atoms with E-state index >= 15 is 0 Å². The Kier molecular flexibility index (Phi) is 0.874. The van der Waals surface area contributed by atoms with E-state index in [1.54, 1.807) is 4.57 Å². The molecule has 0 bridgehead atoms. The van der Waals surface area contributed by atoms with Gasteiger partial charge in [0.05, 0.1) is 0 Å². The van der Waals surface area contributed by atoms with Crippen molar-refractivity contribution >= 4 is 0 Å². The van der Waals surface area contributed by atoms with Gasteiger partial charge in [-0.3, -0.25) is 4.57 Å². The molecule has 34 valence electrons. The van der Waals surface area contributed by atoms with Crippen LogP contribution < -0.4 is 0 Å². The lowest BCUT2D eigenvalue weighted by Gasteiger charge is -1.78. The first kappa shape index (κ1) is 4.01. The van der Waals surface area contributed by atoms with Crippen LogP contribution >= 0.6 is 0 Å². The molecule has 0 aliphatic carbocycles. The van der Waals surface area contributed by atoms with Gasteiger partial charge in [-0.05, 0) is 12.1 Å². The van der Waals surface area contributed by atoms with Crippen molar-refractivity contribution in [3.05, 3.63) is 24.5 Å². The Morgan fingerprint density at radius 3 is 2.14 bits per heavy atom. The number of aromatic nitrogens is 1. The first-order valence-corrected chi connectivity index (χ1v) is 2.03. The summed E-state index contributed by atoms with van der Waals surface area (Å²) in [5.41, 5.74) is 0. The third-order valence-corrected chi connectivity index (χ3v) is 0.754. The van der Waals surface area contributed by atoms with Crippen molar-refractivity contribution < 1.29 is 0 Å². The molecule has 0 amide bonds. The second-order valence-electron chi connectivity index (χ2n) is 1.22. The number of hydrogen-bond acceptors (Lipinski definition) is 0. The third kappa shape index (κ3) is 0.635. The van der Waals surface area contributed by atoms with Crippen LogP contribution in [0, 0.1) is 12.5 Å². The van der Waals surface area contributed by atoms with Gasteiger partial charge in [0.25, 0.3) is 0 Å². The third-order valence-electron chi connectivity index (χ3n) is 0.754. The topological polar surface area (TPSA) is 4.93 Å². The van der Waals surface area contributed by atoms with Gasteiger partial charge in [-0.25, -0.2) is 0 Å². The molecule has 1 rings (SSSR count). The van der Waals surface area contributed by atoms with Gasteiger partial charge in [-0.15, -0.1) is 0 Å². The molecule has 0 radical (unpaired) electrons. The van der Waals surface area contributed by atoms with Crippen LogP contribution in [0.1, 0.15) is 0 Å². The van der Waals surface area contributed by atoms with Crippen molar-refractivity contribution in [1.82, 2.24) is 4.57 Å². The number of terminal acetylenes is 1. The average Bonchev–Trinajstić information content (AvgIpc) is 2.14. The van der Waals surface area contributed by atoms with E-state index in [2.05, 4.69) is 6.04 Å². The summed E-state index contributed by atoms with van der Waals surface area (Å²) < 4.78 is 1.65. The van der Waals surface area contributed by atoms with Gasteiger partial charge in [0.2, 0.25) is 0 Å². The van der Waals surface area contributed by atoms with Crippen LogP contribution in [0.2, 0.25) is 0 Å². The molecule has 0 N–H and O–H groups in total. The van der Waals surface area contributed by atoms with Gasteiger partial charge in [-0.1, -0.05) is 6.42 Å². The van der Waals surface area contributed by atoms with Gasteiger partial charge in [0.15, 0.2) is 0 Å². The summed E-state index contributed by atoms with van der Waals surface area (Å²) in [6.45, 7) is 0. The highest BCUT2D eigenvalue weighted by atomic mass is 14.9. The molecule has 0 aliphatic rings. The Hall–Kier alpha value is -1.16. The second-order valence-corrected chi connectivity index (χ2v) is 1.22. The molecule has 0 spiro atoms. The summed E-state index contributed by atoms with van der Waals surface area (Å²) in [5, 5.41) is 0. The van der Waals surface area contributed by atoms with E-state index in [1.165, 1.54) is 0 Å². The number of nitrogens with zero attached hydrogens (tertiary/aromatic N) is 1. The van der Waals surface area contributed by atoms with E-state index in [0.29, 0.717) is 0 Å². The maximum atomic E-state index is 5.01. The molecule has 0 fully saturated rings. The predicted molar refractivity (Wildman–Crippen MR) is 28.7 cm³/mol. The molecule has 1 aromatic rings. The molecule has 0 saturated carbocycles. The summed E-state index contributed by atoms with van der Waals surface area (Å²) in [6.07, 6.45) is 8.65. The average molecular weight is 91.1 g/mol. The zero-order valence-corrected chi connectivity index (χ0v) is 3.83. The Morgan fingerprint density at radius 2 is 1.86 bits per heavy atom. The highest BCUT2D eigenvalue weighted by Crippen LogP contribution is 1.82.